The molecule has 1 aromatic carbocycles. The van der Waals surface area contributed by atoms with Crippen molar-refractivity contribution in [2.24, 2.45) is 0 Å². The van der Waals surface area contributed by atoms with Crippen molar-refractivity contribution in [3.8, 4) is 11.4 Å². The molecule has 0 fully saturated rings. The number of benzene rings is 1. The number of rotatable bonds is 5. The maximum Gasteiger partial charge on any atom is 0.331 e. The Bertz CT molecular complexity index is 1140. The van der Waals surface area contributed by atoms with E-state index in [2.05, 4.69) is 9.97 Å². The van der Waals surface area contributed by atoms with Gasteiger partial charge in [0.2, 0.25) is 6.41 Å². The average Bonchev–Trinajstić information content (AvgIpc) is 3.03. The molecule has 3 rings (SSSR count). The van der Waals surface area contributed by atoms with Crippen LogP contribution >= 0.6 is 11.6 Å². The number of aliphatic hydroxyl groups excluding tert-OH is 1. The standard InChI is InChI=1S/C24H28ClN3O4/c1-23(2,3)31-18(29)13-12-16-14-17-19(25)26-20(15-10-8-7-9-11-15)27-21(17)28(16)22(30)32-24(4,5)6/h7-14,22,30H,1-6H3/b13-12+. The second-order valence-corrected chi connectivity index (χ2v) is 9.66. The molecular formula is C24H28ClN3O4. The Morgan fingerprint density at radius 1 is 1.09 bits per heavy atom. The highest BCUT2D eigenvalue weighted by atomic mass is 35.5. The Hall–Kier alpha value is -2.74. The highest BCUT2D eigenvalue weighted by Crippen LogP contribution is 2.31. The average molecular weight is 458 g/mol. The number of hydrogen-bond acceptors (Lipinski definition) is 6. The molecule has 0 aliphatic heterocycles. The fourth-order valence-electron chi connectivity index (χ4n) is 3.01. The summed E-state index contributed by atoms with van der Waals surface area (Å²) in [4.78, 5) is 21.2. The van der Waals surface area contributed by atoms with Gasteiger partial charge in [0.15, 0.2) is 5.82 Å². The molecule has 0 aliphatic rings. The molecule has 32 heavy (non-hydrogen) atoms. The minimum Gasteiger partial charge on any atom is -0.457 e. The summed E-state index contributed by atoms with van der Waals surface area (Å²) >= 11 is 6.48. The molecule has 0 saturated heterocycles. The number of fused-ring (bicyclic) bond motifs is 1. The van der Waals surface area contributed by atoms with Gasteiger partial charge in [0.05, 0.1) is 11.0 Å². The quantitative estimate of drug-likeness (QED) is 0.240. The van der Waals surface area contributed by atoms with Crippen molar-refractivity contribution in [1.29, 1.82) is 0 Å². The summed E-state index contributed by atoms with van der Waals surface area (Å²) in [7, 11) is 0. The molecule has 0 saturated carbocycles. The van der Waals surface area contributed by atoms with E-state index in [1.165, 1.54) is 16.7 Å². The van der Waals surface area contributed by atoms with E-state index in [1.807, 2.05) is 51.1 Å². The summed E-state index contributed by atoms with van der Waals surface area (Å²) in [5.41, 5.74) is 0.360. The van der Waals surface area contributed by atoms with E-state index in [4.69, 9.17) is 21.1 Å². The van der Waals surface area contributed by atoms with E-state index in [0.29, 0.717) is 22.6 Å². The molecule has 0 spiro atoms. The molecule has 2 aromatic heterocycles. The zero-order valence-corrected chi connectivity index (χ0v) is 19.8. The van der Waals surface area contributed by atoms with Gasteiger partial charge in [0, 0.05) is 17.3 Å². The van der Waals surface area contributed by atoms with Gasteiger partial charge in [-0.1, -0.05) is 41.9 Å². The number of carbonyl (C=O) groups excluding carboxylic acids is 1. The van der Waals surface area contributed by atoms with Crippen LogP contribution in [0, 0.1) is 0 Å². The molecular weight excluding hydrogens is 430 g/mol. The Morgan fingerprint density at radius 3 is 2.34 bits per heavy atom. The van der Waals surface area contributed by atoms with E-state index < -0.39 is 23.6 Å². The molecule has 1 atom stereocenters. The largest absolute Gasteiger partial charge is 0.457 e. The predicted molar refractivity (Wildman–Crippen MR) is 125 cm³/mol. The summed E-state index contributed by atoms with van der Waals surface area (Å²) in [6.07, 6.45) is 1.45. The van der Waals surface area contributed by atoms with Gasteiger partial charge >= 0.3 is 5.97 Å². The fourth-order valence-corrected chi connectivity index (χ4v) is 3.23. The first kappa shape index (κ1) is 23.9. The molecule has 0 aliphatic carbocycles. The van der Waals surface area contributed by atoms with Crippen LogP contribution in [0.3, 0.4) is 0 Å². The van der Waals surface area contributed by atoms with Gasteiger partial charge in [0.25, 0.3) is 0 Å². The lowest BCUT2D eigenvalue weighted by Gasteiger charge is -2.26. The second kappa shape index (κ2) is 9.02. The Kier molecular flexibility index (Phi) is 6.74. The van der Waals surface area contributed by atoms with E-state index in [0.717, 1.165) is 5.56 Å². The first-order valence-corrected chi connectivity index (χ1v) is 10.6. The molecule has 7 nitrogen and oxygen atoms in total. The first-order chi connectivity index (χ1) is 14.8. The van der Waals surface area contributed by atoms with Crippen LogP contribution in [0.5, 0.6) is 0 Å². The third-order valence-corrected chi connectivity index (χ3v) is 4.47. The second-order valence-electron chi connectivity index (χ2n) is 9.30. The molecule has 8 heteroatoms. The highest BCUT2D eigenvalue weighted by Gasteiger charge is 2.24. The Balaban J connectivity index is 2.14. The van der Waals surface area contributed by atoms with Crippen molar-refractivity contribution < 1.29 is 19.4 Å². The molecule has 170 valence electrons. The van der Waals surface area contributed by atoms with Crippen molar-refractivity contribution in [2.45, 2.75) is 59.2 Å². The summed E-state index contributed by atoms with van der Waals surface area (Å²) in [6.45, 7) is 10.9. The lowest BCUT2D eigenvalue weighted by molar-refractivity contribution is -0.208. The molecule has 3 aromatic rings. The zero-order valence-electron chi connectivity index (χ0n) is 19.1. The number of aromatic nitrogens is 3. The number of hydrogen-bond donors (Lipinski definition) is 1. The summed E-state index contributed by atoms with van der Waals surface area (Å²) in [5, 5.41) is 11.7. The van der Waals surface area contributed by atoms with Crippen molar-refractivity contribution >= 4 is 34.7 Å². The Morgan fingerprint density at radius 2 is 1.75 bits per heavy atom. The van der Waals surface area contributed by atoms with Gasteiger partial charge in [-0.25, -0.2) is 14.8 Å². The highest BCUT2D eigenvalue weighted by molar-refractivity contribution is 6.34. The van der Waals surface area contributed by atoms with Gasteiger partial charge in [-0.3, -0.25) is 4.57 Å². The van der Waals surface area contributed by atoms with Crippen LogP contribution in [-0.4, -0.2) is 36.8 Å². The van der Waals surface area contributed by atoms with Crippen LogP contribution < -0.4 is 0 Å². The smallest absolute Gasteiger partial charge is 0.331 e. The van der Waals surface area contributed by atoms with Crippen molar-refractivity contribution in [3.63, 3.8) is 0 Å². The predicted octanol–water partition coefficient (Wildman–Crippen LogP) is 5.37. The van der Waals surface area contributed by atoms with Crippen LogP contribution in [0.2, 0.25) is 5.15 Å². The van der Waals surface area contributed by atoms with Crippen molar-refractivity contribution in [3.05, 3.63) is 53.3 Å². The lowest BCUT2D eigenvalue weighted by atomic mass is 10.2. The van der Waals surface area contributed by atoms with Gasteiger partial charge in [0.1, 0.15) is 16.4 Å². The maximum absolute atomic E-state index is 12.2. The fraction of sp³-hybridized carbons (Fsp3) is 0.375. The van der Waals surface area contributed by atoms with Crippen LogP contribution in [0.1, 0.15) is 53.7 Å². The SMILES string of the molecule is CC(C)(C)OC(=O)/C=C/c1cc2c(Cl)nc(-c3ccccc3)nc2n1C(O)OC(C)(C)C. The lowest BCUT2D eigenvalue weighted by Crippen LogP contribution is -2.26. The van der Waals surface area contributed by atoms with Crippen LogP contribution in [0.15, 0.2) is 42.5 Å². The minimum absolute atomic E-state index is 0.225. The van der Waals surface area contributed by atoms with Gasteiger partial charge in [-0.15, -0.1) is 0 Å². The summed E-state index contributed by atoms with van der Waals surface area (Å²) in [6, 6.07) is 11.1. The van der Waals surface area contributed by atoms with E-state index in [-0.39, 0.29) is 5.15 Å². The topological polar surface area (TPSA) is 86.5 Å². The Labute approximate surface area is 192 Å². The number of nitrogens with zero attached hydrogens (tertiary/aromatic N) is 3. The molecule has 1 unspecified atom stereocenters. The van der Waals surface area contributed by atoms with E-state index >= 15 is 0 Å². The van der Waals surface area contributed by atoms with Crippen molar-refractivity contribution in [2.75, 3.05) is 0 Å². The third kappa shape index (κ3) is 5.94. The van der Waals surface area contributed by atoms with Gasteiger partial charge < -0.3 is 14.6 Å². The normalized spacial score (nSPS) is 13.6. The molecule has 0 radical (unpaired) electrons. The molecule has 1 N–H and O–H groups in total. The summed E-state index contributed by atoms with van der Waals surface area (Å²) < 4.78 is 12.6. The number of esters is 1. The minimum atomic E-state index is -1.37. The van der Waals surface area contributed by atoms with E-state index in [1.54, 1.807) is 26.8 Å². The number of carbonyl (C=O) groups is 1. The van der Waals surface area contributed by atoms with Crippen LogP contribution in [0.4, 0.5) is 0 Å². The number of aliphatic hydroxyl groups is 1. The van der Waals surface area contributed by atoms with Crippen LogP contribution in [-0.2, 0) is 14.3 Å². The number of halogens is 1. The number of ether oxygens (including phenoxy) is 2. The van der Waals surface area contributed by atoms with Crippen LogP contribution in [0.25, 0.3) is 28.5 Å². The first-order valence-electron chi connectivity index (χ1n) is 10.2. The molecule has 2 heterocycles. The molecule has 0 amide bonds. The van der Waals surface area contributed by atoms with Gasteiger partial charge in [-0.2, -0.15) is 0 Å². The maximum atomic E-state index is 12.2. The van der Waals surface area contributed by atoms with E-state index in [9.17, 15) is 9.90 Å². The van der Waals surface area contributed by atoms with Crippen molar-refractivity contribution in [1.82, 2.24) is 14.5 Å². The summed E-state index contributed by atoms with van der Waals surface area (Å²) in [5.74, 6) is -0.101. The third-order valence-electron chi connectivity index (χ3n) is 4.19. The monoisotopic (exact) mass is 457 g/mol. The molecule has 0 bridgehead atoms. The zero-order chi connectivity index (χ0) is 23.7. The van der Waals surface area contributed by atoms with Gasteiger partial charge in [-0.05, 0) is 53.7 Å².